The summed E-state index contributed by atoms with van der Waals surface area (Å²) in [6.07, 6.45) is 4.47. The fourth-order valence-electron chi connectivity index (χ4n) is 20.9. The molecule has 7 heteroatoms. The SMILES string of the molecule is Cc1ccccc1N(c1cc2c3c(c1)-n1c4ccc([Si](c5ccccc5)(c5ccccc5)c5ccccc5)cc4c4cc([Si](c5ccccc5)(c5ccccc5)c5ccccc5)cc(c41)B3c1cc([Si](c3ccccc3)(c3ccccc3)c3ccccc3)cc3c1N2C1(C)CCCCC31C)c1ccccc1C. The van der Waals surface area contributed by atoms with Crippen molar-refractivity contribution in [2.75, 3.05) is 9.80 Å². The van der Waals surface area contributed by atoms with Crippen LogP contribution in [0.2, 0.25) is 0 Å². The lowest BCUT2D eigenvalue weighted by Crippen LogP contribution is -2.76. The fourth-order valence-corrected chi connectivity index (χ4v) is 35.3. The van der Waals surface area contributed by atoms with Crippen molar-refractivity contribution in [3.8, 4) is 5.69 Å². The molecule has 0 amide bonds. The summed E-state index contributed by atoms with van der Waals surface area (Å²) in [6, 6.07) is 147. The molecule has 1 saturated carbocycles. The molecule has 2 atom stereocenters. The average molecular weight is 1420 g/mol. The summed E-state index contributed by atoms with van der Waals surface area (Å²) in [6.45, 7) is 9.72. The van der Waals surface area contributed by atoms with E-state index in [0.717, 1.165) is 24.9 Å². The summed E-state index contributed by atoms with van der Waals surface area (Å²) in [5, 5.41) is 19.0. The molecule has 1 fully saturated rings. The van der Waals surface area contributed by atoms with Crippen LogP contribution in [0.15, 0.2) is 376 Å². The summed E-state index contributed by atoms with van der Waals surface area (Å²) >= 11 is 0. The first-order chi connectivity index (χ1) is 52.7. The number of anilines is 5. The van der Waals surface area contributed by atoms with Crippen LogP contribution in [-0.4, -0.2) is 41.0 Å². The number of fused-ring (bicyclic) bond motifs is 10. The second-order valence-corrected chi connectivity index (χ2v) is 42.4. The number of nitrogens with zero attached hydrogens (tertiary/aromatic N) is 3. The quantitative estimate of drug-likeness (QED) is 0.0749. The fraction of sp³-hybridized carbons (Fsp3) is 0.100. The molecule has 15 aromatic carbocycles. The predicted octanol–water partition coefficient (Wildman–Crippen LogP) is 13.9. The molecule has 4 aliphatic rings. The molecule has 0 radical (unpaired) electrons. The van der Waals surface area contributed by atoms with Gasteiger partial charge in [-0.2, -0.15) is 0 Å². The van der Waals surface area contributed by atoms with Crippen LogP contribution in [0.3, 0.4) is 0 Å². The smallest absolute Gasteiger partial charge is 0.252 e. The first-order valence-corrected chi connectivity index (χ1v) is 44.4. The van der Waals surface area contributed by atoms with Gasteiger partial charge in [-0.25, -0.2) is 0 Å². The van der Waals surface area contributed by atoms with Gasteiger partial charge in [-0.1, -0.05) is 366 Å². The van der Waals surface area contributed by atoms with E-state index in [1.54, 1.807) is 0 Å². The van der Waals surface area contributed by atoms with Crippen molar-refractivity contribution in [3.05, 3.63) is 393 Å². The molecule has 3 nitrogen and oxygen atoms in total. The lowest BCUT2D eigenvalue weighted by atomic mass is 9.33. The van der Waals surface area contributed by atoms with Crippen LogP contribution in [-0.2, 0) is 5.41 Å². The summed E-state index contributed by atoms with van der Waals surface area (Å²) in [5.41, 5.74) is 17.5. The van der Waals surface area contributed by atoms with Crippen LogP contribution in [0.1, 0.15) is 56.2 Å². The highest BCUT2D eigenvalue weighted by molar-refractivity contribution is 7.21. The summed E-state index contributed by atoms with van der Waals surface area (Å²) in [4.78, 5) is 5.59. The number of hydrogen-bond donors (Lipinski definition) is 0. The maximum absolute atomic E-state index is 3.30. The standard InChI is InChI=1S/C100H82BN3Si3/c1-71-38-32-34-58-91(71)102(92-59-35-33-39-72(92)2)73-64-94-96-95(65-73)104-98-88(99(3)62-36-37-63-100(99,104)4)68-85(107(80-52-26-11-27-53-80,81-54-28-12-29-55-81)82-56-30-13-31-57-82)70-90(98)101(96)89-69-84(106(77-46-20-8-21-47-77,78-48-22-9-23-49-78)79-50-24-10-25-51-79)67-87-86-66-83(60-61-93(86)103(94)97(87)89)105(74-40-14-5-15-41-74,75-42-16-6-17-43-75)76-44-18-7-19-45-76/h5-35,38-61,64-70H,36-37,62-63H2,1-4H3. The molecule has 107 heavy (non-hydrogen) atoms. The molecule has 512 valence electrons. The van der Waals surface area contributed by atoms with E-state index in [1.807, 2.05) is 0 Å². The number of rotatable bonds is 15. The summed E-state index contributed by atoms with van der Waals surface area (Å²) < 4.78 is 2.79. The van der Waals surface area contributed by atoms with E-state index >= 15 is 0 Å². The molecule has 0 saturated heterocycles. The number of aromatic nitrogens is 1. The summed E-state index contributed by atoms with van der Waals surface area (Å²) in [5.74, 6) is 0. The summed E-state index contributed by atoms with van der Waals surface area (Å²) in [7, 11) is -9.62. The highest BCUT2D eigenvalue weighted by atomic mass is 28.3. The molecule has 16 aromatic rings. The van der Waals surface area contributed by atoms with Gasteiger partial charge in [0.05, 0.1) is 16.7 Å². The molecule has 0 N–H and O–H groups in total. The first-order valence-electron chi connectivity index (χ1n) is 38.4. The van der Waals surface area contributed by atoms with E-state index in [-0.39, 0.29) is 17.7 Å². The highest BCUT2D eigenvalue weighted by Gasteiger charge is 2.62. The van der Waals surface area contributed by atoms with Gasteiger partial charge in [0, 0.05) is 50.1 Å². The Labute approximate surface area is 632 Å². The van der Waals surface area contributed by atoms with Gasteiger partial charge in [0.2, 0.25) is 0 Å². The predicted molar refractivity (Wildman–Crippen MR) is 463 cm³/mol. The van der Waals surface area contributed by atoms with Gasteiger partial charge in [-0.15, -0.1) is 0 Å². The van der Waals surface area contributed by atoms with E-state index < -0.39 is 24.2 Å². The van der Waals surface area contributed by atoms with Gasteiger partial charge in [0.25, 0.3) is 6.71 Å². The molecule has 3 aliphatic heterocycles. The Balaban J connectivity index is 1.01. The van der Waals surface area contributed by atoms with E-state index in [0.29, 0.717) is 0 Å². The molecular weight excluding hydrogens is 1340 g/mol. The number of para-hydroxylation sites is 2. The van der Waals surface area contributed by atoms with E-state index in [2.05, 4.69) is 418 Å². The van der Waals surface area contributed by atoms with Crippen molar-refractivity contribution >= 4 is 160 Å². The van der Waals surface area contributed by atoms with Crippen molar-refractivity contribution in [3.63, 3.8) is 0 Å². The average Bonchev–Trinajstić information content (AvgIpc) is 1.51. The molecule has 20 rings (SSSR count). The Morgan fingerprint density at radius 1 is 0.327 bits per heavy atom. The van der Waals surface area contributed by atoms with Gasteiger partial charge in [-0.3, -0.25) is 0 Å². The lowest BCUT2D eigenvalue weighted by Gasteiger charge is -2.52. The monoisotopic (exact) mass is 1420 g/mol. The first kappa shape index (κ1) is 65.0. The van der Waals surface area contributed by atoms with Gasteiger partial charge in [-0.05, 0) is 159 Å². The molecule has 1 aliphatic carbocycles. The number of aryl methyl sites for hydroxylation is 2. The maximum Gasteiger partial charge on any atom is 0.252 e. The number of hydrogen-bond acceptors (Lipinski definition) is 2. The minimum Gasteiger partial charge on any atom is -0.335 e. The number of benzene rings is 15. The molecule has 1 aromatic heterocycles. The minimum atomic E-state index is -3.30. The minimum absolute atomic E-state index is 0.218. The van der Waals surface area contributed by atoms with Gasteiger partial charge in [0.1, 0.15) is 0 Å². The van der Waals surface area contributed by atoms with Gasteiger partial charge >= 0.3 is 0 Å². The molecule has 4 heterocycles. The highest BCUT2D eigenvalue weighted by Crippen LogP contribution is 2.62. The van der Waals surface area contributed by atoms with Crippen LogP contribution in [0.25, 0.3) is 27.5 Å². The van der Waals surface area contributed by atoms with Crippen molar-refractivity contribution in [1.29, 1.82) is 0 Å². The van der Waals surface area contributed by atoms with Crippen LogP contribution in [0, 0.1) is 13.8 Å². The zero-order valence-corrected chi connectivity index (χ0v) is 64.0. The second-order valence-electron chi connectivity index (χ2n) is 30.9. The third kappa shape index (κ3) is 9.37. The zero-order valence-electron chi connectivity index (χ0n) is 61.0. The Morgan fingerprint density at radius 2 is 0.682 bits per heavy atom. The van der Waals surface area contributed by atoms with E-state index in [4.69, 9.17) is 0 Å². The van der Waals surface area contributed by atoms with Crippen molar-refractivity contribution in [2.24, 2.45) is 0 Å². The maximum atomic E-state index is 2.98. The lowest BCUT2D eigenvalue weighted by molar-refractivity contribution is 0.195. The van der Waals surface area contributed by atoms with E-state index in [1.165, 1.54) is 152 Å². The molecule has 0 spiro atoms. The van der Waals surface area contributed by atoms with Crippen molar-refractivity contribution < 1.29 is 0 Å². The third-order valence-electron chi connectivity index (χ3n) is 25.8. The van der Waals surface area contributed by atoms with Gasteiger partial charge < -0.3 is 14.4 Å². The van der Waals surface area contributed by atoms with Crippen LogP contribution in [0.4, 0.5) is 28.4 Å². The molecule has 0 bridgehead atoms. The Bertz CT molecular complexity index is 5750. The second kappa shape index (κ2) is 25.3. The van der Waals surface area contributed by atoms with Crippen LogP contribution in [0.5, 0.6) is 0 Å². The van der Waals surface area contributed by atoms with Crippen LogP contribution < -0.4 is 88.4 Å². The van der Waals surface area contributed by atoms with E-state index in [9.17, 15) is 0 Å². The van der Waals surface area contributed by atoms with Crippen molar-refractivity contribution in [1.82, 2.24) is 4.57 Å². The third-order valence-corrected chi connectivity index (χ3v) is 40.0. The molecule has 2 unspecified atom stereocenters. The normalized spacial score (nSPS) is 16.3. The van der Waals surface area contributed by atoms with Gasteiger partial charge in [0.15, 0.2) is 24.2 Å². The molecular formula is C100H82BN3Si3. The van der Waals surface area contributed by atoms with Crippen molar-refractivity contribution in [2.45, 2.75) is 64.3 Å². The zero-order chi connectivity index (χ0) is 71.6. The van der Waals surface area contributed by atoms with Crippen LogP contribution >= 0.6 is 0 Å². The topological polar surface area (TPSA) is 11.4 Å². The Kier molecular flexibility index (Phi) is 15.4. The Hall–Kier alpha value is -11.6. The largest absolute Gasteiger partial charge is 0.335 e. The Morgan fingerprint density at radius 3 is 1.10 bits per heavy atom.